The van der Waals surface area contributed by atoms with Crippen LogP contribution in [0.4, 0.5) is 5.13 Å². The minimum atomic E-state index is -0.0330. The first-order valence-corrected chi connectivity index (χ1v) is 8.65. The van der Waals surface area contributed by atoms with Gasteiger partial charge in [0.05, 0.1) is 5.69 Å². The van der Waals surface area contributed by atoms with E-state index in [0.29, 0.717) is 28.8 Å². The van der Waals surface area contributed by atoms with Crippen molar-refractivity contribution in [2.75, 3.05) is 12.3 Å². The van der Waals surface area contributed by atoms with E-state index in [-0.39, 0.29) is 5.91 Å². The Bertz CT molecular complexity index is 815. The highest BCUT2D eigenvalue weighted by Crippen LogP contribution is 2.31. The summed E-state index contributed by atoms with van der Waals surface area (Å²) in [5.74, 6) is -0.0330. The fraction of sp³-hybridized carbons (Fsp3) is 0.158. The molecule has 122 valence electrons. The van der Waals surface area contributed by atoms with Gasteiger partial charge >= 0.3 is 0 Å². The van der Waals surface area contributed by atoms with Gasteiger partial charge in [-0.15, -0.1) is 0 Å². The third-order valence-electron chi connectivity index (χ3n) is 3.77. The molecule has 0 fully saturated rings. The number of thiazole rings is 1. The predicted octanol–water partition coefficient (Wildman–Crippen LogP) is 4.05. The first-order chi connectivity index (χ1) is 11.7. The smallest absolute Gasteiger partial charge is 0.266 e. The van der Waals surface area contributed by atoms with Gasteiger partial charge in [-0.1, -0.05) is 72.0 Å². The van der Waals surface area contributed by atoms with Crippen LogP contribution < -0.4 is 5.73 Å². The monoisotopic (exact) mass is 337 g/mol. The predicted molar refractivity (Wildman–Crippen MR) is 98.8 cm³/mol. The van der Waals surface area contributed by atoms with Crippen molar-refractivity contribution in [1.29, 1.82) is 0 Å². The molecule has 0 atom stereocenters. The topological polar surface area (TPSA) is 59.2 Å². The lowest BCUT2D eigenvalue weighted by Crippen LogP contribution is -2.30. The van der Waals surface area contributed by atoms with Gasteiger partial charge in [-0.3, -0.25) is 4.79 Å². The number of aromatic nitrogens is 1. The van der Waals surface area contributed by atoms with E-state index in [1.165, 1.54) is 11.3 Å². The van der Waals surface area contributed by atoms with Crippen molar-refractivity contribution in [1.82, 2.24) is 9.88 Å². The highest BCUT2D eigenvalue weighted by atomic mass is 32.1. The summed E-state index contributed by atoms with van der Waals surface area (Å²) in [5, 5.41) is 0.410. The highest BCUT2D eigenvalue weighted by Gasteiger charge is 2.23. The Balaban J connectivity index is 1.91. The number of hydrogen-bond donors (Lipinski definition) is 1. The van der Waals surface area contributed by atoms with Crippen LogP contribution in [0.2, 0.25) is 0 Å². The second-order valence-electron chi connectivity index (χ2n) is 5.40. The molecule has 4 nitrogen and oxygen atoms in total. The van der Waals surface area contributed by atoms with E-state index in [4.69, 9.17) is 5.73 Å². The van der Waals surface area contributed by atoms with Crippen LogP contribution >= 0.6 is 11.3 Å². The number of nitrogen functional groups attached to an aromatic ring is 1. The molecule has 3 rings (SSSR count). The Kier molecular flexibility index (Phi) is 4.91. The largest absolute Gasteiger partial charge is 0.375 e. The molecule has 0 aliphatic heterocycles. The summed E-state index contributed by atoms with van der Waals surface area (Å²) in [6.45, 7) is 3.18. The summed E-state index contributed by atoms with van der Waals surface area (Å²) in [4.78, 5) is 19.8. The maximum absolute atomic E-state index is 13.0. The molecule has 0 unspecified atom stereocenters. The first-order valence-electron chi connectivity index (χ1n) is 7.84. The van der Waals surface area contributed by atoms with Gasteiger partial charge in [-0.2, -0.15) is 0 Å². The van der Waals surface area contributed by atoms with Gasteiger partial charge < -0.3 is 10.6 Å². The second kappa shape index (κ2) is 7.27. The first kappa shape index (κ1) is 16.2. The number of carbonyl (C=O) groups excluding carboxylic acids is 1. The number of nitrogens with zero attached hydrogens (tertiary/aromatic N) is 2. The van der Waals surface area contributed by atoms with Crippen LogP contribution in [0.15, 0.2) is 60.7 Å². The van der Waals surface area contributed by atoms with Crippen molar-refractivity contribution in [3.05, 3.63) is 71.1 Å². The van der Waals surface area contributed by atoms with Gasteiger partial charge in [0, 0.05) is 18.7 Å². The third kappa shape index (κ3) is 3.46. The van der Waals surface area contributed by atoms with E-state index in [0.717, 1.165) is 11.1 Å². The van der Waals surface area contributed by atoms with Crippen LogP contribution in [0, 0.1) is 0 Å². The Morgan fingerprint density at radius 1 is 1.08 bits per heavy atom. The molecule has 1 amide bonds. The van der Waals surface area contributed by atoms with Crippen LogP contribution in [-0.2, 0) is 6.54 Å². The molecule has 5 heteroatoms. The van der Waals surface area contributed by atoms with Crippen molar-refractivity contribution in [3.63, 3.8) is 0 Å². The van der Waals surface area contributed by atoms with Crippen LogP contribution in [0.25, 0.3) is 11.3 Å². The van der Waals surface area contributed by atoms with Gasteiger partial charge in [0.25, 0.3) is 5.91 Å². The average Bonchev–Trinajstić information content (AvgIpc) is 3.02. The lowest BCUT2D eigenvalue weighted by molar-refractivity contribution is 0.0758. The maximum Gasteiger partial charge on any atom is 0.266 e. The third-order valence-corrected chi connectivity index (χ3v) is 4.64. The number of carbonyl (C=O) groups is 1. The van der Waals surface area contributed by atoms with E-state index in [9.17, 15) is 4.79 Å². The zero-order chi connectivity index (χ0) is 16.9. The number of amides is 1. The zero-order valence-corrected chi connectivity index (χ0v) is 14.3. The van der Waals surface area contributed by atoms with Gasteiger partial charge in [0.1, 0.15) is 4.88 Å². The lowest BCUT2D eigenvalue weighted by Gasteiger charge is -2.20. The fourth-order valence-electron chi connectivity index (χ4n) is 2.55. The maximum atomic E-state index is 13.0. The Labute approximate surface area is 145 Å². The normalized spacial score (nSPS) is 10.5. The van der Waals surface area contributed by atoms with Crippen LogP contribution in [-0.4, -0.2) is 22.3 Å². The van der Waals surface area contributed by atoms with Crippen LogP contribution in [0.5, 0.6) is 0 Å². The molecule has 0 bridgehead atoms. The molecule has 2 aromatic carbocycles. The minimum Gasteiger partial charge on any atom is -0.375 e. The van der Waals surface area contributed by atoms with Crippen molar-refractivity contribution in [3.8, 4) is 11.3 Å². The van der Waals surface area contributed by atoms with Crippen molar-refractivity contribution >= 4 is 22.4 Å². The summed E-state index contributed by atoms with van der Waals surface area (Å²) < 4.78 is 0. The van der Waals surface area contributed by atoms with Crippen LogP contribution in [0.3, 0.4) is 0 Å². The number of anilines is 1. The SMILES string of the molecule is CCN(Cc1ccccc1)C(=O)c1sc(N)nc1-c1ccccc1. The molecule has 2 N–H and O–H groups in total. The molecule has 0 aliphatic carbocycles. The van der Waals surface area contributed by atoms with Crippen molar-refractivity contribution in [2.24, 2.45) is 0 Å². The summed E-state index contributed by atoms with van der Waals surface area (Å²) in [7, 11) is 0. The minimum absolute atomic E-state index is 0.0330. The fourth-order valence-corrected chi connectivity index (χ4v) is 3.37. The number of nitrogens with two attached hydrogens (primary N) is 1. The summed E-state index contributed by atoms with van der Waals surface area (Å²) in [6.07, 6.45) is 0. The molecule has 1 aromatic heterocycles. The van der Waals surface area contributed by atoms with Gasteiger partial charge in [-0.05, 0) is 12.5 Å². The standard InChI is InChI=1S/C19H19N3OS/c1-2-22(13-14-9-5-3-6-10-14)18(23)17-16(21-19(20)24-17)15-11-7-4-8-12-15/h3-12H,2,13H2,1H3,(H2,20,21). The Morgan fingerprint density at radius 3 is 2.33 bits per heavy atom. The molecule has 0 aliphatic rings. The molecule has 1 heterocycles. The number of hydrogen-bond acceptors (Lipinski definition) is 4. The van der Waals surface area contributed by atoms with Gasteiger partial charge in [-0.25, -0.2) is 4.98 Å². The van der Waals surface area contributed by atoms with E-state index in [1.807, 2.05) is 72.5 Å². The molecular formula is C19H19N3OS. The average molecular weight is 337 g/mol. The summed E-state index contributed by atoms with van der Waals surface area (Å²) in [5.41, 5.74) is 8.56. The molecule has 3 aromatic rings. The molecule has 0 spiro atoms. The molecule has 0 saturated heterocycles. The molecule has 0 saturated carbocycles. The van der Waals surface area contributed by atoms with Gasteiger partial charge in [0.15, 0.2) is 5.13 Å². The Morgan fingerprint density at radius 2 is 1.71 bits per heavy atom. The van der Waals surface area contributed by atoms with E-state index < -0.39 is 0 Å². The van der Waals surface area contributed by atoms with E-state index in [2.05, 4.69) is 4.98 Å². The lowest BCUT2D eigenvalue weighted by atomic mass is 10.1. The number of rotatable bonds is 5. The zero-order valence-electron chi connectivity index (χ0n) is 13.5. The highest BCUT2D eigenvalue weighted by molar-refractivity contribution is 7.17. The summed E-state index contributed by atoms with van der Waals surface area (Å²) in [6, 6.07) is 19.7. The molecule has 24 heavy (non-hydrogen) atoms. The van der Waals surface area contributed by atoms with Crippen molar-refractivity contribution in [2.45, 2.75) is 13.5 Å². The number of benzene rings is 2. The second-order valence-corrected chi connectivity index (χ2v) is 6.43. The molecular weight excluding hydrogens is 318 g/mol. The van der Waals surface area contributed by atoms with E-state index in [1.54, 1.807) is 0 Å². The van der Waals surface area contributed by atoms with Crippen molar-refractivity contribution < 1.29 is 4.79 Å². The molecule has 0 radical (unpaired) electrons. The quantitative estimate of drug-likeness (QED) is 0.764. The van der Waals surface area contributed by atoms with Gasteiger partial charge in [0.2, 0.25) is 0 Å². The summed E-state index contributed by atoms with van der Waals surface area (Å²) >= 11 is 1.25. The Hall–Kier alpha value is -2.66. The van der Waals surface area contributed by atoms with Crippen LogP contribution in [0.1, 0.15) is 22.2 Å². The van der Waals surface area contributed by atoms with E-state index >= 15 is 0 Å².